The lowest BCUT2D eigenvalue weighted by Gasteiger charge is -2.16. The van der Waals surface area contributed by atoms with E-state index in [1.165, 1.54) is 60.4 Å². The molecule has 2 aromatic heterocycles. The SMILES string of the molecule is Cc1cc(-c2ccc(-n3c4ccccc4c4ccccc43)cc2)ccc1-c1nc(-c2ccccc2)nc(-c2ccc3cc(-c4ccccc4)ccc3c2)c1C. The second-order valence-corrected chi connectivity index (χ2v) is 14.3. The quantitative estimate of drug-likeness (QED) is 0.173. The van der Waals surface area contributed by atoms with E-state index in [4.69, 9.17) is 9.97 Å². The fraction of sp³-hybridized carbons (Fsp3) is 0.0385. The molecule has 260 valence electrons. The Balaban J connectivity index is 1.03. The highest BCUT2D eigenvalue weighted by Gasteiger charge is 2.18. The van der Waals surface area contributed by atoms with Gasteiger partial charge in [-0.05, 0) is 88.8 Å². The normalized spacial score (nSPS) is 11.5. The average molecular weight is 704 g/mol. The summed E-state index contributed by atoms with van der Waals surface area (Å²) in [6.45, 7) is 4.35. The molecule has 0 aliphatic rings. The summed E-state index contributed by atoms with van der Waals surface area (Å²) in [5.41, 5.74) is 15.7. The molecule has 10 aromatic rings. The standard InChI is InChI=1S/C52H37N3/c1-34-31-39(37-25-28-44(29-26-37)55-48-19-11-9-17-46(48)47-18-10-12-20-49(47)55)27-30-45(34)51-35(2)50(53-52(54-51)38-15-7-4-8-16-38)43-24-23-41-32-40(21-22-42(41)33-43)36-13-5-3-6-14-36/h3-33H,1-2H3. The molecule has 0 spiro atoms. The van der Waals surface area contributed by atoms with Crippen LogP contribution in [-0.2, 0) is 0 Å². The molecule has 0 unspecified atom stereocenters. The third-order valence-corrected chi connectivity index (χ3v) is 10.9. The van der Waals surface area contributed by atoms with E-state index in [0.717, 1.165) is 45.2 Å². The predicted octanol–water partition coefficient (Wildman–Crippen LogP) is 13.7. The molecule has 0 fully saturated rings. The van der Waals surface area contributed by atoms with Gasteiger partial charge in [0.05, 0.1) is 22.4 Å². The van der Waals surface area contributed by atoms with Gasteiger partial charge in [0, 0.05) is 38.7 Å². The molecule has 2 heterocycles. The van der Waals surface area contributed by atoms with E-state index in [1.807, 2.05) is 18.2 Å². The molecule has 3 nitrogen and oxygen atoms in total. The van der Waals surface area contributed by atoms with E-state index >= 15 is 0 Å². The zero-order valence-electron chi connectivity index (χ0n) is 30.7. The van der Waals surface area contributed by atoms with E-state index < -0.39 is 0 Å². The van der Waals surface area contributed by atoms with Gasteiger partial charge < -0.3 is 4.57 Å². The van der Waals surface area contributed by atoms with Crippen molar-refractivity contribution < 1.29 is 0 Å². The largest absolute Gasteiger partial charge is 0.309 e. The molecule has 0 aliphatic carbocycles. The predicted molar refractivity (Wildman–Crippen MR) is 231 cm³/mol. The lowest BCUT2D eigenvalue weighted by atomic mass is 9.94. The second kappa shape index (κ2) is 13.4. The van der Waals surface area contributed by atoms with E-state index in [9.17, 15) is 0 Å². The first kappa shape index (κ1) is 32.5. The molecule has 0 amide bonds. The number of hydrogen-bond acceptors (Lipinski definition) is 2. The van der Waals surface area contributed by atoms with E-state index in [0.29, 0.717) is 0 Å². The molecule has 0 bridgehead atoms. The Morgan fingerprint density at radius 2 is 0.873 bits per heavy atom. The number of para-hydroxylation sites is 2. The Morgan fingerprint density at radius 3 is 1.53 bits per heavy atom. The number of aromatic nitrogens is 3. The fourth-order valence-corrected chi connectivity index (χ4v) is 8.09. The zero-order valence-corrected chi connectivity index (χ0v) is 30.7. The summed E-state index contributed by atoms with van der Waals surface area (Å²) in [6.07, 6.45) is 0. The lowest BCUT2D eigenvalue weighted by Crippen LogP contribution is -2.01. The molecular formula is C52H37N3. The first-order chi connectivity index (χ1) is 27.1. The average Bonchev–Trinajstić information content (AvgIpc) is 3.58. The summed E-state index contributed by atoms with van der Waals surface area (Å²) < 4.78 is 2.36. The van der Waals surface area contributed by atoms with Crippen LogP contribution in [0.4, 0.5) is 0 Å². The lowest BCUT2D eigenvalue weighted by molar-refractivity contribution is 1.14. The monoisotopic (exact) mass is 703 g/mol. The van der Waals surface area contributed by atoms with Gasteiger partial charge in [-0.1, -0.05) is 152 Å². The van der Waals surface area contributed by atoms with Gasteiger partial charge in [-0.25, -0.2) is 9.97 Å². The number of aryl methyl sites for hydroxylation is 1. The molecule has 0 aliphatic heterocycles. The van der Waals surface area contributed by atoms with Crippen molar-refractivity contribution in [2.75, 3.05) is 0 Å². The molecule has 0 saturated heterocycles. The number of hydrogen-bond donors (Lipinski definition) is 0. The maximum atomic E-state index is 5.25. The molecule has 0 N–H and O–H groups in total. The zero-order chi connectivity index (χ0) is 36.9. The van der Waals surface area contributed by atoms with Crippen LogP contribution < -0.4 is 0 Å². The van der Waals surface area contributed by atoms with Gasteiger partial charge in [0.25, 0.3) is 0 Å². The van der Waals surface area contributed by atoms with Gasteiger partial charge in [-0.3, -0.25) is 0 Å². The van der Waals surface area contributed by atoms with Crippen LogP contribution in [0.2, 0.25) is 0 Å². The minimum absolute atomic E-state index is 0.722. The van der Waals surface area contributed by atoms with Crippen molar-refractivity contribution in [2.45, 2.75) is 13.8 Å². The van der Waals surface area contributed by atoms with Crippen molar-refractivity contribution in [1.29, 1.82) is 0 Å². The van der Waals surface area contributed by atoms with Crippen molar-refractivity contribution in [3.8, 4) is 61.8 Å². The number of rotatable bonds is 6. The maximum Gasteiger partial charge on any atom is 0.160 e. The summed E-state index contributed by atoms with van der Waals surface area (Å²) >= 11 is 0. The van der Waals surface area contributed by atoms with Crippen molar-refractivity contribution in [2.24, 2.45) is 0 Å². The Bertz CT molecular complexity index is 2980. The molecule has 0 radical (unpaired) electrons. The van der Waals surface area contributed by atoms with Gasteiger partial charge >= 0.3 is 0 Å². The van der Waals surface area contributed by atoms with Crippen molar-refractivity contribution in [1.82, 2.24) is 14.5 Å². The number of benzene rings is 8. The van der Waals surface area contributed by atoms with Gasteiger partial charge in [0.1, 0.15) is 0 Å². The smallest absolute Gasteiger partial charge is 0.160 e. The van der Waals surface area contributed by atoms with Gasteiger partial charge in [-0.2, -0.15) is 0 Å². The Morgan fingerprint density at radius 1 is 0.382 bits per heavy atom. The first-order valence-electron chi connectivity index (χ1n) is 18.8. The summed E-state index contributed by atoms with van der Waals surface area (Å²) in [4.78, 5) is 10.5. The number of fused-ring (bicyclic) bond motifs is 4. The maximum absolute atomic E-state index is 5.25. The summed E-state index contributed by atoms with van der Waals surface area (Å²) in [5.74, 6) is 0.722. The summed E-state index contributed by atoms with van der Waals surface area (Å²) in [6, 6.07) is 67.2. The van der Waals surface area contributed by atoms with Crippen molar-refractivity contribution in [3.05, 3.63) is 199 Å². The third-order valence-electron chi connectivity index (χ3n) is 10.9. The summed E-state index contributed by atoms with van der Waals surface area (Å²) in [5, 5.41) is 4.92. The van der Waals surface area contributed by atoms with Crippen LogP contribution in [0.15, 0.2) is 188 Å². The molecule has 0 saturated carbocycles. The third kappa shape index (κ3) is 5.78. The van der Waals surface area contributed by atoms with Gasteiger partial charge in [-0.15, -0.1) is 0 Å². The Labute approximate surface area is 320 Å². The Kier molecular flexibility index (Phi) is 7.92. The second-order valence-electron chi connectivity index (χ2n) is 14.3. The van der Waals surface area contributed by atoms with Gasteiger partial charge in [0.15, 0.2) is 5.82 Å². The van der Waals surface area contributed by atoms with Crippen LogP contribution in [0.5, 0.6) is 0 Å². The van der Waals surface area contributed by atoms with Crippen LogP contribution >= 0.6 is 0 Å². The minimum atomic E-state index is 0.722. The number of nitrogens with zero attached hydrogens (tertiary/aromatic N) is 3. The highest BCUT2D eigenvalue weighted by atomic mass is 15.0. The minimum Gasteiger partial charge on any atom is -0.309 e. The summed E-state index contributed by atoms with van der Waals surface area (Å²) in [7, 11) is 0. The van der Waals surface area contributed by atoms with Crippen molar-refractivity contribution >= 4 is 32.6 Å². The van der Waals surface area contributed by atoms with Crippen LogP contribution in [-0.4, -0.2) is 14.5 Å². The molecule has 8 aromatic carbocycles. The van der Waals surface area contributed by atoms with E-state index in [2.05, 4.69) is 188 Å². The van der Waals surface area contributed by atoms with E-state index in [-0.39, 0.29) is 0 Å². The van der Waals surface area contributed by atoms with E-state index in [1.54, 1.807) is 0 Å². The molecule has 10 rings (SSSR count). The highest BCUT2D eigenvalue weighted by molar-refractivity contribution is 6.09. The van der Waals surface area contributed by atoms with Crippen molar-refractivity contribution in [3.63, 3.8) is 0 Å². The van der Waals surface area contributed by atoms with Crippen LogP contribution in [0, 0.1) is 13.8 Å². The highest BCUT2D eigenvalue weighted by Crippen LogP contribution is 2.37. The van der Waals surface area contributed by atoms with Crippen LogP contribution in [0.1, 0.15) is 11.1 Å². The molecule has 3 heteroatoms. The van der Waals surface area contributed by atoms with Crippen LogP contribution in [0.3, 0.4) is 0 Å². The first-order valence-corrected chi connectivity index (χ1v) is 18.8. The molecular weight excluding hydrogens is 667 g/mol. The molecule has 55 heavy (non-hydrogen) atoms. The molecule has 0 atom stereocenters. The topological polar surface area (TPSA) is 30.7 Å². The Hall–Kier alpha value is -7.10. The fourth-order valence-electron chi connectivity index (χ4n) is 8.09. The van der Waals surface area contributed by atoms with Gasteiger partial charge in [0.2, 0.25) is 0 Å². The van der Waals surface area contributed by atoms with Crippen LogP contribution in [0.25, 0.3) is 94.4 Å².